The molecule has 0 aromatic carbocycles. The highest BCUT2D eigenvalue weighted by molar-refractivity contribution is 5.79. The highest BCUT2D eigenvalue weighted by Gasteiger charge is 2.38. The fourth-order valence-electron chi connectivity index (χ4n) is 4.53. The summed E-state index contributed by atoms with van der Waals surface area (Å²) in [7, 11) is 0. The van der Waals surface area contributed by atoms with E-state index in [2.05, 4.69) is 19.9 Å². The maximum Gasteiger partial charge on any atom is 0.237 e. The van der Waals surface area contributed by atoms with E-state index in [-0.39, 0.29) is 24.1 Å². The van der Waals surface area contributed by atoms with E-state index in [9.17, 15) is 4.79 Å². The predicted molar refractivity (Wildman–Crippen MR) is 90.9 cm³/mol. The van der Waals surface area contributed by atoms with Crippen molar-refractivity contribution in [1.82, 2.24) is 19.9 Å². The first-order valence-corrected chi connectivity index (χ1v) is 9.74. The first-order chi connectivity index (χ1) is 12.3. The normalized spacial score (nSPS) is 30.4. The molecule has 0 N–H and O–H groups in total. The van der Waals surface area contributed by atoms with E-state index in [4.69, 9.17) is 9.26 Å². The summed E-state index contributed by atoms with van der Waals surface area (Å²) in [6.45, 7) is 4.77. The van der Waals surface area contributed by atoms with Crippen molar-refractivity contribution >= 4 is 5.91 Å². The number of hydrogen-bond acceptors (Lipinski definition) is 6. The van der Waals surface area contributed by atoms with Gasteiger partial charge >= 0.3 is 0 Å². The maximum absolute atomic E-state index is 13.0. The Labute approximate surface area is 148 Å². The molecule has 0 unspecified atom stereocenters. The lowest BCUT2D eigenvalue weighted by molar-refractivity contribution is -0.150. The molecule has 3 atom stereocenters. The number of ether oxygens (including phenoxy) is 1. The van der Waals surface area contributed by atoms with Crippen LogP contribution in [0.2, 0.25) is 0 Å². The summed E-state index contributed by atoms with van der Waals surface area (Å²) in [6.07, 6.45) is 7.63. The van der Waals surface area contributed by atoms with E-state index in [1.807, 2.05) is 6.92 Å². The Bertz CT molecular complexity index is 603. The number of morpholine rings is 1. The van der Waals surface area contributed by atoms with Crippen molar-refractivity contribution in [2.75, 3.05) is 26.2 Å². The molecule has 3 fully saturated rings. The van der Waals surface area contributed by atoms with E-state index in [1.165, 1.54) is 12.8 Å². The lowest BCUT2D eigenvalue weighted by Gasteiger charge is -2.44. The van der Waals surface area contributed by atoms with Crippen LogP contribution in [-0.2, 0) is 16.0 Å². The second-order valence-electron chi connectivity index (χ2n) is 7.38. The maximum atomic E-state index is 13.0. The molecule has 0 bridgehead atoms. The molecule has 138 valence electrons. The van der Waals surface area contributed by atoms with Crippen LogP contribution in [0.5, 0.6) is 0 Å². The lowest BCUT2D eigenvalue weighted by atomic mass is 9.90. The van der Waals surface area contributed by atoms with Crippen LogP contribution in [0.3, 0.4) is 0 Å². The molecular formula is C18H28N4O3. The number of aromatic nitrogens is 2. The van der Waals surface area contributed by atoms with Gasteiger partial charge in [-0.25, -0.2) is 0 Å². The SMILES string of the molecule is CCc1nc([C@@H]2CCCN2CC(=O)N2CCO[C@@H]3CCCC[C@H]32)no1. The van der Waals surface area contributed by atoms with E-state index in [1.54, 1.807) is 0 Å². The third kappa shape index (κ3) is 3.44. The average molecular weight is 348 g/mol. The van der Waals surface area contributed by atoms with Crippen LogP contribution in [0, 0.1) is 0 Å². The van der Waals surface area contributed by atoms with Gasteiger partial charge in [-0.3, -0.25) is 9.69 Å². The van der Waals surface area contributed by atoms with Crippen LogP contribution < -0.4 is 0 Å². The van der Waals surface area contributed by atoms with Gasteiger partial charge in [-0.2, -0.15) is 4.98 Å². The summed E-state index contributed by atoms with van der Waals surface area (Å²) in [5.74, 6) is 1.64. The molecule has 0 radical (unpaired) electrons. The van der Waals surface area contributed by atoms with E-state index in [0.717, 1.165) is 51.0 Å². The molecule has 1 aliphatic carbocycles. The van der Waals surface area contributed by atoms with Crippen molar-refractivity contribution in [3.8, 4) is 0 Å². The highest BCUT2D eigenvalue weighted by Crippen LogP contribution is 2.32. The van der Waals surface area contributed by atoms with Gasteiger partial charge in [0, 0.05) is 13.0 Å². The van der Waals surface area contributed by atoms with Crippen LogP contribution in [0.4, 0.5) is 0 Å². The molecule has 1 aromatic heterocycles. The molecule has 7 heteroatoms. The Morgan fingerprint density at radius 2 is 2.08 bits per heavy atom. The minimum absolute atomic E-state index is 0.108. The van der Waals surface area contributed by atoms with Gasteiger partial charge in [0.1, 0.15) is 0 Å². The van der Waals surface area contributed by atoms with Crippen molar-refractivity contribution in [3.05, 3.63) is 11.7 Å². The molecule has 1 amide bonds. The van der Waals surface area contributed by atoms with Gasteiger partial charge in [0.25, 0.3) is 0 Å². The van der Waals surface area contributed by atoms with Gasteiger partial charge in [-0.1, -0.05) is 24.9 Å². The molecule has 1 aromatic rings. The van der Waals surface area contributed by atoms with Crippen LogP contribution >= 0.6 is 0 Å². The molecule has 3 heterocycles. The molecular weight excluding hydrogens is 320 g/mol. The van der Waals surface area contributed by atoms with Crippen LogP contribution in [0.25, 0.3) is 0 Å². The van der Waals surface area contributed by atoms with Crippen molar-refractivity contribution in [2.45, 2.75) is 70.1 Å². The average Bonchev–Trinajstić information content (AvgIpc) is 3.30. The molecule has 7 nitrogen and oxygen atoms in total. The second-order valence-corrected chi connectivity index (χ2v) is 7.38. The molecule has 0 spiro atoms. The summed E-state index contributed by atoms with van der Waals surface area (Å²) in [5, 5.41) is 4.13. The van der Waals surface area contributed by atoms with Crippen LogP contribution in [0.15, 0.2) is 4.52 Å². The Morgan fingerprint density at radius 1 is 1.20 bits per heavy atom. The summed E-state index contributed by atoms with van der Waals surface area (Å²) >= 11 is 0. The third-order valence-corrected chi connectivity index (χ3v) is 5.84. The topological polar surface area (TPSA) is 71.7 Å². The van der Waals surface area contributed by atoms with E-state index < -0.39 is 0 Å². The zero-order chi connectivity index (χ0) is 17.2. The molecule has 2 saturated heterocycles. The van der Waals surface area contributed by atoms with Gasteiger partial charge in [-0.05, 0) is 32.2 Å². The number of carbonyl (C=O) groups excluding carboxylic acids is 1. The van der Waals surface area contributed by atoms with Gasteiger partial charge < -0.3 is 14.2 Å². The number of aryl methyl sites for hydroxylation is 1. The molecule has 3 aliphatic rings. The summed E-state index contributed by atoms with van der Waals surface area (Å²) in [4.78, 5) is 21.8. The summed E-state index contributed by atoms with van der Waals surface area (Å²) < 4.78 is 11.2. The monoisotopic (exact) mass is 348 g/mol. The van der Waals surface area contributed by atoms with Crippen molar-refractivity contribution < 1.29 is 14.1 Å². The Kier molecular flexibility index (Phi) is 5.03. The van der Waals surface area contributed by atoms with E-state index >= 15 is 0 Å². The number of rotatable bonds is 4. The number of hydrogen-bond donors (Lipinski definition) is 0. The van der Waals surface area contributed by atoms with Crippen molar-refractivity contribution in [3.63, 3.8) is 0 Å². The van der Waals surface area contributed by atoms with Crippen molar-refractivity contribution in [1.29, 1.82) is 0 Å². The van der Waals surface area contributed by atoms with Gasteiger partial charge in [0.15, 0.2) is 5.82 Å². The summed E-state index contributed by atoms with van der Waals surface area (Å²) in [6, 6.07) is 0.379. The van der Waals surface area contributed by atoms with Crippen LogP contribution in [-0.4, -0.2) is 64.2 Å². The zero-order valence-electron chi connectivity index (χ0n) is 15.0. The molecule has 2 aliphatic heterocycles. The Hall–Kier alpha value is -1.47. The number of carbonyl (C=O) groups is 1. The third-order valence-electron chi connectivity index (χ3n) is 5.84. The second kappa shape index (κ2) is 7.41. The quantitative estimate of drug-likeness (QED) is 0.828. The highest BCUT2D eigenvalue weighted by atomic mass is 16.5. The Balaban J connectivity index is 1.42. The molecule has 1 saturated carbocycles. The largest absolute Gasteiger partial charge is 0.374 e. The predicted octanol–water partition coefficient (Wildman–Crippen LogP) is 1.94. The standard InChI is InChI=1S/C18H28N4O3/c1-2-16-19-18(20-25-16)14-7-5-9-21(14)12-17(23)22-10-11-24-15-8-4-3-6-13(15)22/h13-15H,2-12H2,1H3/t13-,14+,15-/m1/s1. The zero-order valence-corrected chi connectivity index (χ0v) is 15.0. The number of likely N-dealkylation sites (tertiary alicyclic amines) is 1. The Morgan fingerprint density at radius 3 is 2.92 bits per heavy atom. The first-order valence-electron chi connectivity index (χ1n) is 9.74. The van der Waals surface area contributed by atoms with Gasteiger partial charge in [-0.15, -0.1) is 0 Å². The number of amides is 1. The molecule has 25 heavy (non-hydrogen) atoms. The fraction of sp³-hybridized carbons (Fsp3) is 0.833. The minimum atomic E-state index is 0.108. The van der Waals surface area contributed by atoms with Gasteiger partial charge in [0.05, 0.1) is 31.3 Å². The van der Waals surface area contributed by atoms with Crippen molar-refractivity contribution in [2.24, 2.45) is 0 Å². The first kappa shape index (κ1) is 17.0. The summed E-state index contributed by atoms with van der Waals surface area (Å²) in [5.41, 5.74) is 0. The van der Waals surface area contributed by atoms with E-state index in [0.29, 0.717) is 19.0 Å². The smallest absolute Gasteiger partial charge is 0.237 e. The van der Waals surface area contributed by atoms with Gasteiger partial charge in [0.2, 0.25) is 11.8 Å². The number of nitrogens with zero attached hydrogens (tertiary/aromatic N) is 4. The minimum Gasteiger partial charge on any atom is -0.374 e. The lowest BCUT2D eigenvalue weighted by Crippen LogP contribution is -2.56. The fourth-order valence-corrected chi connectivity index (χ4v) is 4.53. The van der Waals surface area contributed by atoms with Crippen LogP contribution in [0.1, 0.15) is 63.2 Å². The number of fused-ring (bicyclic) bond motifs is 1. The molecule has 4 rings (SSSR count).